The number of hydrogen-bond acceptors (Lipinski definition) is 5. The normalized spacial score (nSPS) is 20.1. The van der Waals surface area contributed by atoms with Crippen LogP contribution in [-0.2, 0) is 10.0 Å². The summed E-state index contributed by atoms with van der Waals surface area (Å²) in [6.07, 6.45) is 2.36. The number of aromatic nitrogens is 1. The Labute approximate surface area is 131 Å². The molecule has 0 bridgehead atoms. The molecule has 1 aliphatic rings. The summed E-state index contributed by atoms with van der Waals surface area (Å²) in [7, 11) is 1.79. The molecule has 0 spiro atoms. The maximum absolute atomic E-state index is 12.5. The molecule has 1 unspecified atom stereocenters. The fourth-order valence-electron chi connectivity index (χ4n) is 2.56. The molecule has 0 saturated carbocycles. The Bertz CT molecular complexity index is 608. The topological polar surface area (TPSA) is 65.5 Å². The summed E-state index contributed by atoms with van der Waals surface area (Å²) in [5, 5.41) is 3.11. The van der Waals surface area contributed by atoms with Gasteiger partial charge in [0.1, 0.15) is 10.7 Å². The van der Waals surface area contributed by atoms with E-state index in [-0.39, 0.29) is 4.90 Å². The highest BCUT2D eigenvalue weighted by Gasteiger charge is 2.27. The van der Waals surface area contributed by atoms with E-state index in [9.17, 15) is 8.42 Å². The summed E-state index contributed by atoms with van der Waals surface area (Å²) in [4.78, 5) is 6.37. The summed E-state index contributed by atoms with van der Waals surface area (Å²) in [5.74, 6) is 0.838. The standard InChI is InChI=1S/C13H21ClN4O2S/c1-15-13-12(14)6-11(7-16-13)21(19,20)18(3)9-10-4-5-17(2)8-10/h6-7,10H,4-5,8-9H2,1-3H3,(H,15,16). The highest BCUT2D eigenvalue weighted by Crippen LogP contribution is 2.25. The van der Waals surface area contributed by atoms with Crippen LogP contribution in [0, 0.1) is 5.92 Å². The predicted molar refractivity (Wildman–Crippen MR) is 84.2 cm³/mol. The van der Waals surface area contributed by atoms with Crippen molar-refractivity contribution < 1.29 is 8.42 Å². The van der Waals surface area contributed by atoms with Crippen molar-refractivity contribution in [3.63, 3.8) is 0 Å². The zero-order chi connectivity index (χ0) is 15.6. The molecule has 1 aliphatic heterocycles. The molecule has 118 valence electrons. The molecule has 0 radical (unpaired) electrons. The van der Waals surface area contributed by atoms with Crippen LogP contribution in [-0.4, -0.2) is 63.4 Å². The van der Waals surface area contributed by atoms with Crippen LogP contribution in [0.25, 0.3) is 0 Å². The number of rotatable bonds is 5. The van der Waals surface area contributed by atoms with Crippen LogP contribution in [0.2, 0.25) is 5.02 Å². The van der Waals surface area contributed by atoms with E-state index in [1.807, 2.05) is 0 Å². The first kappa shape index (κ1) is 16.5. The van der Waals surface area contributed by atoms with Crippen LogP contribution in [0.3, 0.4) is 0 Å². The van der Waals surface area contributed by atoms with E-state index in [2.05, 4.69) is 22.2 Å². The number of anilines is 1. The molecule has 1 N–H and O–H groups in total. The van der Waals surface area contributed by atoms with Crippen molar-refractivity contribution >= 4 is 27.4 Å². The van der Waals surface area contributed by atoms with Gasteiger partial charge in [-0.25, -0.2) is 17.7 Å². The first-order valence-electron chi connectivity index (χ1n) is 6.82. The van der Waals surface area contributed by atoms with Gasteiger partial charge in [0.25, 0.3) is 0 Å². The van der Waals surface area contributed by atoms with Crippen molar-refractivity contribution in [2.24, 2.45) is 5.92 Å². The predicted octanol–water partition coefficient (Wildman–Crippen LogP) is 1.35. The van der Waals surface area contributed by atoms with Gasteiger partial charge < -0.3 is 10.2 Å². The highest BCUT2D eigenvalue weighted by atomic mass is 35.5. The number of sulfonamides is 1. The van der Waals surface area contributed by atoms with Gasteiger partial charge in [0, 0.05) is 33.4 Å². The molecule has 0 amide bonds. The van der Waals surface area contributed by atoms with E-state index in [1.165, 1.54) is 16.6 Å². The molecule has 0 aromatic carbocycles. The minimum Gasteiger partial charge on any atom is -0.372 e. The SMILES string of the molecule is CNc1ncc(S(=O)(=O)N(C)CC2CCN(C)C2)cc1Cl. The second-order valence-electron chi connectivity index (χ2n) is 5.45. The van der Waals surface area contributed by atoms with Crippen molar-refractivity contribution in [2.75, 3.05) is 46.1 Å². The van der Waals surface area contributed by atoms with E-state index < -0.39 is 10.0 Å². The lowest BCUT2D eigenvalue weighted by atomic mass is 10.1. The maximum Gasteiger partial charge on any atom is 0.244 e. The molecule has 2 heterocycles. The average Bonchev–Trinajstić information content (AvgIpc) is 2.83. The summed E-state index contributed by atoms with van der Waals surface area (Å²) < 4.78 is 26.5. The van der Waals surface area contributed by atoms with Crippen molar-refractivity contribution in [2.45, 2.75) is 11.3 Å². The summed E-state index contributed by atoms with van der Waals surface area (Å²) in [6.45, 7) is 2.46. The zero-order valence-electron chi connectivity index (χ0n) is 12.5. The lowest BCUT2D eigenvalue weighted by Crippen LogP contribution is -2.33. The number of likely N-dealkylation sites (tertiary alicyclic amines) is 1. The van der Waals surface area contributed by atoms with Gasteiger partial charge in [-0.15, -0.1) is 0 Å². The third kappa shape index (κ3) is 3.66. The summed E-state index contributed by atoms with van der Waals surface area (Å²) >= 11 is 6.02. The second kappa shape index (κ2) is 6.48. The smallest absolute Gasteiger partial charge is 0.244 e. The van der Waals surface area contributed by atoms with Gasteiger partial charge in [0.15, 0.2) is 0 Å². The number of nitrogens with zero attached hydrogens (tertiary/aromatic N) is 3. The fourth-order valence-corrected chi connectivity index (χ4v) is 4.11. The van der Waals surface area contributed by atoms with Crippen LogP contribution in [0.5, 0.6) is 0 Å². The molecule has 1 saturated heterocycles. The van der Waals surface area contributed by atoms with Crippen LogP contribution >= 0.6 is 11.6 Å². The van der Waals surface area contributed by atoms with Crippen molar-refractivity contribution in [3.8, 4) is 0 Å². The lowest BCUT2D eigenvalue weighted by molar-refractivity contribution is 0.356. The van der Waals surface area contributed by atoms with Crippen LogP contribution in [0.4, 0.5) is 5.82 Å². The highest BCUT2D eigenvalue weighted by molar-refractivity contribution is 7.89. The third-order valence-electron chi connectivity index (χ3n) is 3.77. The molecule has 2 rings (SSSR count). The minimum atomic E-state index is -3.55. The van der Waals surface area contributed by atoms with E-state index >= 15 is 0 Å². The molecule has 1 aromatic heterocycles. The molecule has 1 aromatic rings. The van der Waals surface area contributed by atoms with Gasteiger partial charge >= 0.3 is 0 Å². The molecule has 0 aliphatic carbocycles. The summed E-state index contributed by atoms with van der Waals surface area (Å²) in [5.41, 5.74) is 0. The van der Waals surface area contributed by atoms with Crippen LogP contribution in [0.15, 0.2) is 17.2 Å². The van der Waals surface area contributed by atoms with E-state index in [4.69, 9.17) is 11.6 Å². The lowest BCUT2D eigenvalue weighted by Gasteiger charge is -2.21. The van der Waals surface area contributed by atoms with Gasteiger partial charge in [-0.3, -0.25) is 0 Å². The quantitative estimate of drug-likeness (QED) is 0.881. The van der Waals surface area contributed by atoms with E-state index in [0.717, 1.165) is 19.5 Å². The number of hydrogen-bond donors (Lipinski definition) is 1. The molecular weight excluding hydrogens is 312 g/mol. The van der Waals surface area contributed by atoms with Crippen LogP contribution < -0.4 is 5.32 Å². The van der Waals surface area contributed by atoms with Gasteiger partial charge in [-0.1, -0.05) is 11.6 Å². The molecule has 6 nitrogen and oxygen atoms in total. The minimum absolute atomic E-state index is 0.125. The Morgan fingerprint density at radius 2 is 2.29 bits per heavy atom. The maximum atomic E-state index is 12.5. The molecule has 21 heavy (non-hydrogen) atoms. The molecule has 1 atom stereocenters. The monoisotopic (exact) mass is 332 g/mol. The van der Waals surface area contributed by atoms with Crippen molar-refractivity contribution in [1.82, 2.24) is 14.2 Å². The Morgan fingerprint density at radius 1 is 1.57 bits per heavy atom. The zero-order valence-corrected chi connectivity index (χ0v) is 14.1. The van der Waals surface area contributed by atoms with Gasteiger partial charge in [-0.05, 0) is 32.0 Å². The average molecular weight is 333 g/mol. The fraction of sp³-hybridized carbons (Fsp3) is 0.615. The van der Waals surface area contributed by atoms with Gasteiger partial charge in [0.05, 0.1) is 5.02 Å². The van der Waals surface area contributed by atoms with Gasteiger partial charge in [-0.2, -0.15) is 0 Å². The number of halogens is 1. The van der Waals surface area contributed by atoms with E-state index in [1.54, 1.807) is 14.1 Å². The molecule has 1 fully saturated rings. The third-order valence-corrected chi connectivity index (χ3v) is 5.84. The first-order valence-corrected chi connectivity index (χ1v) is 8.64. The second-order valence-corrected chi connectivity index (χ2v) is 7.91. The Hall–Kier alpha value is -0.890. The molecule has 8 heteroatoms. The van der Waals surface area contributed by atoms with E-state index in [0.29, 0.717) is 23.3 Å². The van der Waals surface area contributed by atoms with Crippen LogP contribution in [0.1, 0.15) is 6.42 Å². The van der Waals surface area contributed by atoms with Crippen molar-refractivity contribution in [3.05, 3.63) is 17.3 Å². The summed E-state index contributed by atoms with van der Waals surface area (Å²) in [6, 6.07) is 1.44. The number of pyridine rings is 1. The molecular formula is C13H21ClN4O2S. The van der Waals surface area contributed by atoms with Gasteiger partial charge in [0.2, 0.25) is 10.0 Å². The Morgan fingerprint density at radius 3 is 2.81 bits per heavy atom. The largest absolute Gasteiger partial charge is 0.372 e. The first-order chi connectivity index (χ1) is 9.84. The van der Waals surface area contributed by atoms with Crippen molar-refractivity contribution in [1.29, 1.82) is 0 Å². The number of nitrogens with one attached hydrogen (secondary N) is 1. The Kier molecular flexibility index (Phi) is 5.08. The Balaban J connectivity index is 2.15.